The number of fused-ring (bicyclic) bond motifs is 2. The molecule has 0 spiro atoms. The predicted molar refractivity (Wildman–Crippen MR) is 119 cm³/mol. The Bertz CT molecular complexity index is 1440. The average molecular weight is 464 g/mol. The number of carbonyl (C=O) groups excluding carboxylic acids is 4. The summed E-state index contributed by atoms with van der Waals surface area (Å²) in [6, 6.07) is 12.0. The van der Waals surface area contributed by atoms with Crippen molar-refractivity contribution in [3.05, 3.63) is 95.6 Å². The van der Waals surface area contributed by atoms with Crippen LogP contribution in [0.1, 0.15) is 41.4 Å². The second-order valence-corrected chi connectivity index (χ2v) is 7.51. The fourth-order valence-corrected chi connectivity index (χ4v) is 3.88. The van der Waals surface area contributed by atoms with Crippen molar-refractivity contribution >= 4 is 35.5 Å². The van der Waals surface area contributed by atoms with Gasteiger partial charge in [-0.2, -0.15) is 0 Å². The van der Waals surface area contributed by atoms with Gasteiger partial charge >= 0.3 is 0 Å². The van der Waals surface area contributed by atoms with Crippen LogP contribution in [0.5, 0.6) is 11.5 Å². The third kappa shape index (κ3) is 3.14. The van der Waals surface area contributed by atoms with E-state index < -0.39 is 23.6 Å². The first-order valence-electron chi connectivity index (χ1n) is 10.3. The fourth-order valence-electron chi connectivity index (χ4n) is 3.88. The van der Waals surface area contributed by atoms with E-state index in [0.29, 0.717) is 0 Å². The van der Waals surface area contributed by atoms with Crippen LogP contribution in [0, 0.1) is 0 Å². The second-order valence-electron chi connectivity index (χ2n) is 7.51. The van der Waals surface area contributed by atoms with E-state index in [0.717, 1.165) is 9.80 Å². The van der Waals surface area contributed by atoms with E-state index in [1.54, 1.807) is 12.1 Å². The summed E-state index contributed by atoms with van der Waals surface area (Å²) < 4.78 is 5.85. The van der Waals surface area contributed by atoms with E-state index in [1.165, 1.54) is 61.2 Å². The Morgan fingerprint density at radius 1 is 0.514 bits per heavy atom. The lowest BCUT2D eigenvalue weighted by molar-refractivity contribution is 0.0908. The Morgan fingerprint density at radius 2 is 0.886 bits per heavy atom. The van der Waals surface area contributed by atoms with Crippen LogP contribution in [-0.4, -0.2) is 43.6 Å². The molecule has 4 aromatic rings. The van der Waals surface area contributed by atoms with Gasteiger partial charge in [-0.15, -0.1) is 0 Å². The highest BCUT2D eigenvalue weighted by molar-refractivity contribution is 6.34. The standard InChI is InChI=1S/C24H12N6O5/c31-19-15-5-3-13(11-17(15)21(33)29(19)23-25-7-1-8-26-23)35-14-4-6-16-18(12-14)22(34)30(20(16)32)24-27-9-2-10-28-24/h1-12H. The van der Waals surface area contributed by atoms with Gasteiger partial charge < -0.3 is 4.74 Å². The lowest BCUT2D eigenvalue weighted by Gasteiger charge is -2.10. The van der Waals surface area contributed by atoms with Gasteiger partial charge in [0, 0.05) is 24.8 Å². The van der Waals surface area contributed by atoms with Gasteiger partial charge in [-0.3, -0.25) is 19.2 Å². The van der Waals surface area contributed by atoms with Crippen LogP contribution in [0.3, 0.4) is 0 Å². The molecule has 2 aliphatic heterocycles. The monoisotopic (exact) mass is 464 g/mol. The van der Waals surface area contributed by atoms with E-state index in [4.69, 9.17) is 4.74 Å². The molecule has 4 amide bonds. The van der Waals surface area contributed by atoms with Crippen LogP contribution in [0.4, 0.5) is 11.9 Å². The van der Waals surface area contributed by atoms with Crippen molar-refractivity contribution in [3.8, 4) is 11.5 Å². The fraction of sp³-hybridized carbons (Fsp3) is 0. The highest BCUT2D eigenvalue weighted by Gasteiger charge is 2.40. The predicted octanol–water partition coefficient (Wildman–Crippen LogP) is 2.66. The molecule has 11 heteroatoms. The minimum absolute atomic E-state index is 0.0186. The number of hydrogen-bond acceptors (Lipinski definition) is 9. The van der Waals surface area contributed by atoms with Crippen LogP contribution in [-0.2, 0) is 0 Å². The molecule has 168 valence electrons. The first-order valence-corrected chi connectivity index (χ1v) is 10.3. The largest absolute Gasteiger partial charge is 0.457 e. The van der Waals surface area contributed by atoms with Crippen molar-refractivity contribution in [1.82, 2.24) is 19.9 Å². The van der Waals surface area contributed by atoms with Crippen molar-refractivity contribution in [2.45, 2.75) is 0 Å². The Morgan fingerprint density at radius 3 is 1.29 bits per heavy atom. The Balaban J connectivity index is 1.29. The minimum Gasteiger partial charge on any atom is -0.457 e. The molecule has 0 aliphatic carbocycles. The number of amides is 4. The minimum atomic E-state index is -0.574. The summed E-state index contributed by atoms with van der Waals surface area (Å²) in [5.41, 5.74) is 0.672. The normalized spacial score (nSPS) is 14.4. The van der Waals surface area contributed by atoms with Gasteiger partial charge in [0.1, 0.15) is 11.5 Å². The summed E-state index contributed by atoms with van der Waals surface area (Å²) in [6.07, 6.45) is 5.74. The van der Waals surface area contributed by atoms with Crippen molar-refractivity contribution in [2.75, 3.05) is 9.80 Å². The number of rotatable bonds is 4. The molecule has 4 heterocycles. The molecule has 2 aromatic carbocycles. The zero-order valence-corrected chi connectivity index (χ0v) is 17.7. The van der Waals surface area contributed by atoms with E-state index in [1.807, 2.05) is 0 Å². The number of ether oxygens (including phenoxy) is 1. The molecule has 6 rings (SSSR count). The average Bonchev–Trinajstić information content (AvgIpc) is 3.28. The van der Waals surface area contributed by atoms with Gasteiger partial charge in [0.2, 0.25) is 11.9 Å². The molecule has 2 aliphatic rings. The van der Waals surface area contributed by atoms with E-state index in [2.05, 4.69) is 19.9 Å². The van der Waals surface area contributed by atoms with Crippen LogP contribution < -0.4 is 14.5 Å². The molecule has 11 nitrogen and oxygen atoms in total. The van der Waals surface area contributed by atoms with Crippen molar-refractivity contribution < 1.29 is 23.9 Å². The number of anilines is 2. The van der Waals surface area contributed by atoms with Crippen LogP contribution in [0.15, 0.2) is 73.3 Å². The number of carbonyl (C=O) groups is 4. The molecule has 0 unspecified atom stereocenters. The molecular formula is C24H12N6O5. The smallest absolute Gasteiger partial charge is 0.268 e. The topological polar surface area (TPSA) is 136 Å². The summed E-state index contributed by atoms with van der Waals surface area (Å²) in [4.78, 5) is 68.9. The zero-order valence-electron chi connectivity index (χ0n) is 17.7. The zero-order chi connectivity index (χ0) is 24.1. The van der Waals surface area contributed by atoms with Crippen LogP contribution in [0.2, 0.25) is 0 Å². The Labute approximate surface area is 196 Å². The van der Waals surface area contributed by atoms with Gasteiger partial charge in [0.15, 0.2) is 0 Å². The van der Waals surface area contributed by atoms with Gasteiger partial charge in [-0.05, 0) is 48.5 Å². The first-order chi connectivity index (χ1) is 17.0. The molecule has 0 saturated heterocycles. The number of aromatic nitrogens is 4. The Hall–Kier alpha value is -5.32. The van der Waals surface area contributed by atoms with Gasteiger partial charge in [0.25, 0.3) is 23.6 Å². The molecule has 35 heavy (non-hydrogen) atoms. The summed E-state index contributed by atoms with van der Waals surface area (Å²) in [6.45, 7) is 0. The van der Waals surface area contributed by atoms with Crippen molar-refractivity contribution in [3.63, 3.8) is 0 Å². The van der Waals surface area contributed by atoms with Crippen molar-refractivity contribution in [1.29, 1.82) is 0 Å². The third-order valence-electron chi connectivity index (χ3n) is 5.46. The van der Waals surface area contributed by atoms with Gasteiger partial charge in [-0.25, -0.2) is 29.7 Å². The quantitative estimate of drug-likeness (QED) is 0.418. The molecule has 0 radical (unpaired) electrons. The molecule has 0 bridgehead atoms. The van der Waals surface area contributed by atoms with Gasteiger partial charge in [0.05, 0.1) is 22.3 Å². The second kappa shape index (κ2) is 7.63. The van der Waals surface area contributed by atoms with E-state index in [-0.39, 0.29) is 45.6 Å². The molecule has 2 aromatic heterocycles. The summed E-state index contributed by atoms with van der Waals surface area (Å²) >= 11 is 0. The van der Waals surface area contributed by atoms with E-state index >= 15 is 0 Å². The highest BCUT2D eigenvalue weighted by Crippen LogP contribution is 2.33. The maximum Gasteiger partial charge on any atom is 0.268 e. The number of benzene rings is 2. The highest BCUT2D eigenvalue weighted by atomic mass is 16.5. The number of imide groups is 2. The summed E-state index contributed by atoms with van der Waals surface area (Å²) in [7, 11) is 0. The van der Waals surface area contributed by atoms with Crippen LogP contribution >= 0.6 is 0 Å². The number of hydrogen-bond donors (Lipinski definition) is 0. The molecule has 0 fully saturated rings. The third-order valence-corrected chi connectivity index (χ3v) is 5.46. The summed E-state index contributed by atoms with van der Waals surface area (Å²) in [5, 5.41) is 0. The lowest BCUT2D eigenvalue weighted by atomic mass is 10.1. The lowest BCUT2D eigenvalue weighted by Crippen LogP contribution is -2.30. The van der Waals surface area contributed by atoms with Crippen LogP contribution in [0.25, 0.3) is 0 Å². The number of nitrogens with zero attached hydrogens (tertiary/aromatic N) is 6. The Kier molecular flexibility index (Phi) is 4.42. The van der Waals surface area contributed by atoms with Crippen molar-refractivity contribution in [2.24, 2.45) is 0 Å². The maximum atomic E-state index is 12.9. The van der Waals surface area contributed by atoms with E-state index in [9.17, 15) is 19.2 Å². The SMILES string of the molecule is O=C1c2ccc(Oc3ccc4c(c3)C(=O)N(c3ncccn3)C4=O)cc2C(=O)N1c1ncccn1. The molecule has 0 N–H and O–H groups in total. The van der Waals surface area contributed by atoms with Gasteiger partial charge in [-0.1, -0.05) is 0 Å². The first kappa shape index (κ1) is 20.3. The summed E-state index contributed by atoms with van der Waals surface area (Å²) in [5.74, 6) is -1.73. The molecule has 0 atom stereocenters. The molecule has 0 saturated carbocycles. The maximum absolute atomic E-state index is 12.9. The molecular weight excluding hydrogens is 452 g/mol.